The molecule has 0 aliphatic carbocycles. The van der Waals surface area contributed by atoms with Crippen molar-refractivity contribution in [3.63, 3.8) is 0 Å². The average molecular weight is 293 g/mol. The number of rotatable bonds is 7. The molecular formula is C14H19N3O2S. The molecule has 0 unspecified atom stereocenters. The van der Waals surface area contributed by atoms with Crippen molar-refractivity contribution < 1.29 is 9.53 Å². The van der Waals surface area contributed by atoms with Gasteiger partial charge in [-0.2, -0.15) is 0 Å². The highest BCUT2D eigenvalue weighted by molar-refractivity contribution is 7.13. The standard InChI is InChI=1S/C14H19N3O2S/c1-4-19-14(18)9-10(2)13-8-7-12(20-13)6-5-11(3)16-17-15/h7-9,11H,4-6H2,1-3H3/t11-/m1/s1. The Bertz CT molecular complexity index is 530. The molecule has 0 fully saturated rings. The number of hydrogen-bond acceptors (Lipinski definition) is 4. The molecule has 6 heteroatoms. The summed E-state index contributed by atoms with van der Waals surface area (Å²) in [5.41, 5.74) is 9.25. The summed E-state index contributed by atoms with van der Waals surface area (Å²) in [4.78, 5) is 16.5. The van der Waals surface area contributed by atoms with E-state index in [1.165, 1.54) is 11.0 Å². The molecule has 0 saturated heterocycles. The molecule has 0 aliphatic rings. The van der Waals surface area contributed by atoms with Crippen molar-refractivity contribution in [2.75, 3.05) is 6.61 Å². The second kappa shape index (κ2) is 8.40. The molecule has 1 aromatic rings. The molecule has 5 nitrogen and oxygen atoms in total. The molecule has 1 atom stereocenters. The monoisotopic (exact) mass is 293 g/mol. The van der Waals surface area contributed by atoms with Gasteiger partial charge in [-0.05, 0) is 49.9 Å². The van der Waals surface area contributed by atoms with E-state index < -0.39 is 0 Å². The lowest BCUT2D eigenvalue weighted by Gasteiger charge is -2.01. The largest absolute Gasteiger partial charge is 0.463 e. The predicted molar refractivity (Wildman–Crippen MR) is 81.5 cm³/mol. The molecular weight excluding hydrogens is 274 g/mol. The van der Waals surface area contributed by atoms with Gasteiger partial charge in [0, 0.05) is 26.8 Å². The number of carbonyl (C=O) groups is 1. The third-order valence-corrected chi connectivity index (χ3v) is 4.01. The second-order valence-electron chi connectivity index (χ2n) is 4.44. The summed E-state index contributed by atoms with van der Waals surface area (Å²) in [5, 5.41) is 3.65. The lowest BCUT2D eigenvalue weighted by Crippen LogP contribution is -1.99. The first-order chi connectivity index (χ1) is 9.56. The smallest absolute Gasteiger partial charge is 0.331 e. The number of allylic oxidation sites excluding steroid dienone is 1. The minimum Gasteiger partial charge on any atom is -0.463 e. The van der Waals surface area contributed by atoms with E-state index in [1.807, 2.05) is 26.0 Å². The van der Waals surface area contributed by atoms with Crippen LogP contribution in [0.4, 0.5) is 0 Å². The fourth-order valence-corrected chi connectivity index (χ4v) is 2.65. The summed E-state index contributed by atoms with van der Waals surface area (Å²) in [6.45, 7) is 5.97. The van der Waals surface area contributed by atoms with E-state index in [1.54, 1.807) is 18.3 Å². The van der Waals surface area contributed by atoms with Gasteiger partial charge in [-0.1, -0.05) is 12.0 Å². The van der Waals surface area contributed by atoms with E-state index in [9.17, 15) is 4.79 Å². The second-order valence-corrected chi connectivity index (χ2v) is 5.61. The Kier molecular flexibility index (Phi) is 6.84. The summed E-state index contributed by atoms with van der Waals surface area (Å²) < 4.78 is 4.89. The van der Waals surface area contributed by atoms with Gasteiger partial charge in [0.2, 0.25) is 0 Å². The van der Waals surface area contributed by atoms with Crippen LogP contribution in [-0.4, -0.2) is 18.6 Å². The molecule has 1 heterocycles. The van der Waals surface area contributed by atoms with E-state index in [4.69, 9.17) is 10.3 Å². The van der Waals surface area contributed by atoms with Crippen molar-refractivity contribution in [2.45, 2.75) is 39.7 Å². The Balaban J connectivity index is 2.62. The van der Waals surface area contributed by atoms with E-state index in [0.29, 0.717) is 6.61 Å². The molecule has 1 aromatic heterocycles. The van der Waals surface area contributed by atoms with Gasteiger partial charge < -0.3 is 4.74 Å². The first kappa shape index (κ1) is 16.3. The third-order valence-electron chi connectivity index (χ3n) is 2.73. The van der Waals surface area contributed by atoms with Crippen LogP contribution in [0.2, 0.25) is 0 Å². The number of nitrogens with zero attached hydrogens (tertiary/aromatic N) is 3. The van der Waals surface area contributed by atoms with Crippen molar-refractivity contribution in [1.82, 2.24) is 0 Å². The molecule has 1 rings (SSSR count). The fraction of sp³-hybridized carbons (Fsp3) is 0.500. The lowest BCUT2D eigenvalue weighted by atomic mass is 10.1. The number of azide groups is 1. The summed E-state index contributed by atoms with van der Waals surface area (Å²) in [6, 6.07) is 4.05. The van der Waals surface area contributed by atoms with Crippen LogP contribution in [-0.2, 0) is 16.0 Å². The molecule has 108 valence electrons. The first-order valence-corrected chi connectivity index (χ1v) is 7.36. The van der Waals surface area contributed by atoms with Crippen LogP contribution in [0, 0.1) is 0 Å². The number of esters is 1. The highest BCUT2D eigenvalue weighted by Crippen LogP contribution is 2.25. The zero-order valence-electron chi connectivity index (χ0n) is 12.0. The van der Waals surface area contributed by atoms with Crippen LogP contribution in [0.25, 0.3) is 16.0 Å². The topological polar surface area (TPSA) is 75.1 Å². The maximum atomic E-state index is 11.4. The molecule has 0 aromatic carbocycles. The van der Waals surface area contributed by atoms with E-state index in [0.717, 1.165) is 23.3 Å². The average Bonchev–Trinajstić information content (AvgIpc) is 2.86. The molecule has 0 N–H and O–H groups in total. The Labute approximate surface area is 122 Å². The van der Waals surface area contributed by atoms with Gasteiger partial charge in [0.15, 0.2) is 0 Å². The summed E-state index contributed by atoms with van der Waals surface area (Å²) in [6.07, 6.45) is 3.21. The van der Waals surface area contributed by atoms with Crippen molar-refractivity contribution >= 4 is 22.9 Å². The minimum absolute atomic E-state index is 0.00159. The minimum atomic E-state index is -0.308. The number of hydrogen-bond donors (Lipinski definition) is 0. The molecule has 0 aliphatic heterocycles. The Hall–Kier alpha value is -1.78. The maximum Gasteiger partial charge on any atom is 0.331 e. The SMILES string of the molecule is CCOC(=O)C=C(C)c1ccc(CC[C@@H](C)N=[N+]=[N-])s1. The highest BCUT2D eigenvalue weighted by atomic mass is 32.1. The van der Waals surface area contributed by atoms with Gasteiger partial charge >= 0.3 is 5.97 Å². The number of thiophene rings is 1. The predicted octanol–water partition coefficient (Wildman–Crippen LogP) is 4.35. The van der Waals surface area contributed by atoms with Gasteiger partial charge in [0.25, 0.3) is 0 Å². The third kappa shape index (κ3) is 5.47. The van der Waals surface area contributed by atoms with Gasteiger partial charge in [-0.3, -0.25) is 0 Å². The van der Waals surface area contributed by atoms with Gasteiger partial charge in [0.1, 0.15) is 0 Å². The zero-order chi connectivity index (χ0) is 15.0. The lowest BCUT2D eigenvalue weighted by molar-refractivity contribution is -0.137. The van der Waals surface area contributed by atoms with E-state index >= 15 is 0 Å². The fourth-order valence-electron chi connectivity index (χ4n) is 1.65. The quantitative estimate of drug-likeness (QED) is 0.246. The van der Waals surface area contributed by atoms with Gasteiger partial charge in [0.05, 0.1) is 6.61 Å². The van der Waals surface area contributed by atoms with Gasteiger partial charge in [-0.15, -0.1) is 11.3 Å². The van der Waals surface area contributed by atoms with Crippen molar-refractivity contribution in [3.8, 4) is 0 Å². The molecule has 20 heavy (non-hydrogen) atoms. The highest BCUT2D eigenvalue weighted by Gasteiger charge is 2.06. The summed E-state index contributed by atoms with van der Waals surface area (Å²) in [5.74, 6) is -0.308. The summed E-state index contributed by atoms with van der Waals surface area (Å²) >= 11 is 1.65. The van der Waals surface area contributed by atoms with E-state index in [2.05, 4.69) is 10.0 Å². The normalized spacial score (nSPS) is 12.7. The van der Waals surface area contributed by atoms with Gasteiger partial charge in [-0.25, -0.2) is 4.79 Å². The Morgan fingerprint density at radius 3 is 3.00 bits per heavy atom. The molecule has 0 radical (unpaired) electrons. The van der Waals surface area contributed by atoms with Crippen LogP contribution in [0.15, 0.2) is 23.3 Å². The van der Waals surface area contributed by atoms with Crippen molar-refractivity contribution in [1.29, 1.82) is 0 Å². The molecule has 0 amide bonds. The van der Waals surface area contributed by atoms with Crippen LogP contribution in [0.5, 0.6) is 0 Å². The summed E-state index contributed by atoms with van der Waals surface area (Å²) in [7, 11) is 0. The number of aryl methyl sites for hydroxylation is 1. The maximum absolute atomic E-state index is 11.4. The van der Waals surface area contributed by atoms with Crippen LogP contribution in [0.1, 0.15) is 36.9 Å². The first-order valence-electron chi connectivity index (χ1n) is 6.55. The molecule has 0 bridgehead atoms. The molecule has 0 spiro atoms. The number of carbonyl (C=O) groups excluding carboxylic acids is 1. The molecule has 0 saturated carbocycles. The van der Waals surface area contributed by atoms with Crippen LogP contribution < -0.4 is 0 Å². The number of ether oxygens (including phenoxy) is 1. The van der Waals surface area contributed by atoms with Crippen molar-refractivity contribution in [3.05, 3.63) is 38.4 Å². The van der Waals surface area contributed by atoms with Crippen molar-refractivity contribution in [2.24, 2.45) is 5.11 Å². The Morgan fingerprint density at radius 1 is 1.60 bits per heavy atom. The Morgan fingerprint density at radius 2 is 2.35 bits per heavy atom. The zero-order valence-corrected chi connectivity index (χ0v) is 12.8. The van der Waals surface area contributed by atoms with Crippen LogP contribution in [0.3, 0.4) is 0 Å². The van der Waals surface area contributed by atoms with E-state index in [-0.39, 0.29) is 12.0 Å². The van der Waals surface area contributed by atoms with Crippen LogP contribution >= 0.6 is 11.3 Å².